The average Bonchev–Trinajstić information content (AvgIpc) is 2.61. The lowest BCUT2D eigenvalue weighted by Crippen LogP contribution is -2.24. The fraction of sp³-hybridized carbons (Fsp3) is 0.222. The highest BCUT2D eigenvalue weighted by atomic mass is 35.5. The quantitative estimate of drug-likeness (QED) is 0.794. The van der Waals surface area contributed by atoms with Gasteiger partial charge in [0.25, 0.3) is 5.91 Å². The molecule has 1 atom stereocenters. The Kier molecular flexibility index (Phi) is 6.25. The Hall–Kier alpha value is -2.73. The van der Waals surface area contributed by atoms with Crippen LogP contribution in [-0.4, -0.2) is 32.2 Å². The average molecular weight is 364 g/mol. The van der Waals surface area contributed by atoms with Crippen molar-refractivity contribution in [1.82, 2.24) is 0 Å². The highest BCUT2D eigenvalue weighted by molar-refractivity contribution is 6.32. The fourth-order valence-corrected chi connectivity index (χ4v) is 2.31. The molecule has 7 heteroatoms. The van der Waals surface area contributed by atoms with Gasteiger partial charge in [-0.2, -0.15) is 0 Å². The van der Waals surface area contributed by atoms with Gasteiger partial charge in [-0.05, 0) is 49.4 Å². The third kappa shape index (κ3) is 4.87. The normalized spacial score (nSPS) is 11.4. The Morgan fingerprint density at radius 3 is 2.32 bits per heavy atom. The summed E-state index contributed by atoms with van der Waals surface area (Å²) in [6.45, 7) is 1.58. The van der Waals surface area contributed by atoms with E-state index in [2.05, 4.69) is 10.1 Å². The molecule has 0 aliphatic rings. The molecule has 25 heavy (non-hydrogen) atoms. The third-order valence-electron chi connectivity index (χ3n) is 3.37. The van der Waals surface area contributed by atoms with E-state index in [4.69, 9.17) is 21.1 Å². The van der Waals surface area contributed by atoms with Crippen molar-refractivity contribution in [2.45, 2.75) is 13.0 Å². The van der Waals surface area contributed by atoms with Gasteiger partial charge in [-0.1, -0.05) is 11.6 Å². The number of hydrogen-bond donors (Lipinski definition) is 1. The van der Waals surface area contributed by atoms with Crippen LogP contribution in [0.2, 0.25) is 5.02 Å². The van der Waals surface area contributed by atoms with Gasteiger partial charge in [0.1, 0.15) is 11.5 Å². The largest absolute Gasteiger partial charge is 0.495 e. The summed E-state index contributed by atoms with van der Waals surface area (Å²) < 4.78 is 15.1. The molecule has 0 saturated carbocycles. The van der Waals surface area contributed by atoms with Crippen LogP contribution in [0.5, 0.6) is 11.5 Å². The minimum Gasteiger partial charge on any atom is -0.495 e. The van der Waals surface area contributed by atoms with E-state index in [-0.39, 0.29) is 5.91 Å². The van der Waals surface area contributed by atoms with E-state index in [1.54, 1.807) is 49.4 Å². The third-order valence-corrected chi connectivity index (χ3v) is 3.67. The van der Waals surface area contributed by atoms with E-state index in [0.29, 0.717) is 27.8 Å². The van der Waals surface area contributed by atoms with Gasteiger partial charge in [0.2, 0.25) is 0 Å². The first-order valence-electron chi connectivity index (χ1n) is 7.44. The first-order chi connectivity index (χ1) is 11.9. The van der Waals surface area contributed by atoms with Crippen LogP contribution in [0, 0.1) is 0 Å². The minimum atomic E-state index is -0.730. The van der Waals surface area contributed by atoms with Crippen molar-refractivity contribution in [2.24, 2.45) is 0 Å². The SMILES string of the molecule is COC(=O)[C@H](C)Oc1ccc(C(=O)Nc2ccc(OC)c(Cl)c2)cc1. The monoisotopic (exact) mass is 363 g/mol. The Labute approximate surface area is 150 Å². The second kappa shape index (κ2) is 8.39. The predicted molar refractivity (Wildman–Crippen MR) is 94.5 cm³/mol. The molecule has 2 rings (SSSR count). The lowest BCUT2D eigenvalue weighted by Gasteiger charge is -2.12. The lowest BCUT2D eigenvalue weighted by atomic mass is 10.2. The maximum absolute atomic E-state index is 12.3. The topological polar surface area (TPSA) is 73.9 Å². The number of halogens is 1. The van der Waals surface area contributed by atoms with Crippen LogP contribution in [0.4, 0.5) is 5.69 Å². The number of methoxy groups -OCH3 is 2. The number of rotatable bonds is 6. The summed E-state index contributed by atoms with van der Waals surface area (Å²) in [4.78, 5) is 23.6. The van der Waals surface area contributed by atoms with Crippen LogP contribution >= 0.6 is 11.6 Å². The number of amides is 1. The van der Waals surface area contributed by atoms with E-state index in [1.165, 1.54) is 14.2 Å². The molecule has 0 saturated heterocycles. The minimum absolute atomic E-state index is 0.297. The highest BCUT2D eigenvalue weighted by Crippen LogP contribution is 2.27. The number of hydrogen-bond acceptors (Lipinski definition) is 5. The number of benzene rings is 2. The predicted octanol–water partition coefficient (Wildman–Crippen LogP) is 3.54. The zero-order valence-electron chi connectivity index (χ0n) is 14.0. The van der Waals surface area contributed by atoms with Crippen LogP contribution in [0.25, 0.3) is 0 Å². The summed E-state index contributed by atoms with van der Waals surface area (Å²) in [6.07, 6.45) is -0.730. The van der Waals surface area contributed by atoms with Crippen LogP contribution in [0.15, 0.2) is 42.5 Å². The van der Waals surface area contributed by atoms with E-state index in [9.17, 15) is 9.59 Å². The van der Waals surface area contributed by atoms with Crippen LogP contribution in [-0.2, 0) is 9.53 Å². The standard InChI is InChI=1S/C18H18ClNO5/c1-11(18(22)24-3)25-14-7-4-12(5-8-14)17(21)20-13-6-9-16(23-2)15(19)10-13/h4-11H,1-3H3,(H,20,21)/t11-/m0/s1. The number of carbonyl (C=O) groups excluding carboxylic acids is 2. The molecule has 0 heterocycles. The zero-order chi connectivity index (χ0) is 18.4. The van der Waals surface area contributed by atoms with Crippen molar-refractivity contribution in [3.63, 3.8) is 0 Å². The summed E-state index contributed by atoms with van der Waals surface area (Å²) in [7, 11) is 2.81. The fourth-order valence-electron chi connectivity index (χ4n) is 2.05. The Balaban J connectivity index is 2.03. The molecule has 0 fully saturated rings. The Morgan fingerprint density at radius 1 is 1.08 bits per heavy atom. The van der Waals surface area contributed by atoms with Gasteiger partial charge in [0.05, 0.1) is 19.2 Å². The van der Waals surface area contributed by atoms with Crippen LogP contribution in [0.1, 0.15) is 17.3 Å². The van der Waals surface area contributed by atoms with Crippen molar-refractivity contribution in [1.29, 1.82) is 0 Å². The van der Waals surface area contributed by atoms with Gasteiger partial charge in [0.15, 0.2) is 6.10 Å². The first kappa shape index (κ1) is 18.6. The zero-order valence-corrected chi connectivity index (χ0v) is 14.8. The summed E-state index contributed by atoms with van der Waals surface area (Å²) in [5.41, 5.74) is 0.987. The summed E-state index contributed by atoms with van der Waals surface area (Å²) >= 11 is 6.04. The van der Waals surface area contributed by atoms with Crippen molar-refractivity contribution in [3.8, 4) is 11.5 Å². The van der Waals surface area contributed by atoms with E-state index >= 15 is 0 Å². The Morgan fingerprint density at radius 2 is 1.76 bits per heavy atom. The van der Waals surface area contributed by atoms with Gasteiger partial charge < -0.3 is 19.5 Å². The van der Waals surface area contributed by atoms with Gasteiger partial charge in [-0.3, -0.25) is 4.79 Å². The Bertz CT molecular complexity index is 761. The van der Waals surface area contributed by atoms with Crippen molar-refractivity contribution < 1.29 is 23.8 Å². The molecular weight excluding hydrogens is 346 g/mol. The molecule has 0 bridgehead atoms. The van der Waals surface area contributed by atoms with Crippen molar-refractivity contribution in [3.05, 3.63) is 53.1 Å². The maximum Gasteiger partial charge on any atom is 0.346 e. The second-order valence-corrected chi connectivity index (χ2v) is 5.52. The molecule has 0 aliphatic carbocycles. The van der Waals surface area contributed by atoms with Crippen LogP contribution in [0.3, 0.4) is 0 Å². The lowest BCUT2D eigenvalue weighted by molar-refractivity contribution is -0.147. The number of nitrogens with one attached hydrogen (secondary N) is 1. The van der Waals surface area contributed by atoms with Gasteiger partial charge >= 0.3 is 5.97 Å². The molecule has 132 valence electrons. The van der Waals surface area contributed by atoms with Gasteiger partial charge in [0, 0.05) is 11.3 Å². The van der Waals surface area contributed by atoms with E-state index in [0.717, 1.165) is 0 Å². The maximum atomic E-state index is 12.3. The molecule has 0 radical (unpaired) electrons. The van der Waals surface area contributed by atoms with Crippen molar-refractivity contribution >= 4 is 29.2 Å². The molecular formula is C18H18ClNO5. The van der Waals surface area contributed by atoms with E-state index in [1.807, 2.05) is 0 Å². The smallest absolute Gasteiger partial charge is 0.346 e. The second-order valence-electron chi connectivity index (χ2n) is 5.11. The summed E-state index contributed by atoms with van der Waals surface area (Å²) in [6, 6.07) is 11.4. The van der Waals surface area contributed by atoms with E-state index < -0.39 is 12.1 Å². The molecule has 6 nitrogen and oxygen atoms in total. The molecule has 2 aromatic carbocycles. The first-order valence-corrected chi connectivity index (χ1v) is 7.82. The highest BCUT2D eigenvalue weighted by Gasteiger charge is 2.15. The number of carbonyl (C=O) groups is 2. The molecule has 1 N–H and O–H groups in total. The molecule has 1 amide bonds. The van der Waals surface area contributed by atoms with Gasteiger partial charge in [-0.25, -0.2) is 4.79 Å². The number of esters is 1. The summed E-state index contributed by atoms with van der Waals surface area (Å²) in [5.74, 6) is 0.217. The molecule has 0 aliphatic heterocycles. The summed E-state index contributed by atoms with van der Waals surface area (Å²) in [5, 5.41) is 3.15. The number of anilines is 1. The number of ether oxygens (including phenoxy) is 3. The molecule has 0 unspecified atom stereocenters. The molecule has 0 aromatic heterocycles. The van der Waals surface area contributed by atoms with Gasteiger partial charge in [-0.15, -0.1) is 0 Å². The molecule has 0 spiro atoms. The molecule has 2 aromatic rings. The van der Waals surface area contributed by atoms with Crippen LogP contribution < -0.4 is 14.8 Å². The van der Waals surface area contributed by atoms with Crippen molar-refractivity contribution in [2.75, 3.05) is 19.5 Å².